The van der Waals surface area contributed by atoms with Crippen LogP contribution in [0, 0.1) is 5.92 Å². The van der Waals surface area contributed by atoms with Gasteiger partial charge in [0.2, 0.25) is 0 Å². The van der Waals surface area contributed by atoms with Crippen molar-refractivity contribution in [3.05, 3.63) is 35.9 Å². The number of carboxylic acid groups (broad SMARTS) is 1. The fourth-order valence-electron chi connectivity index (χ4n) is 3.20. The Morgan fingerprint density at radius 1 is 1.11 bits per heavy atom. The van der Waals surface area contributed by atoms with Gasteiger partial charge in [0.05, 0.1) is 6.42 Å². The van der Waals surface area contributed by atoms with Crippen molar-refractivity contribution < 1.29 is 15.0 Å². The van der Waals surface area contributed by atoms with E-state index >= 15 is 0 Å². The molecule has 0 radical (unpaired) electrons. The lowest BCUT2D eigenvalue weighted by Gasteiger charge is -2.35. The normalized spacial score (nSPS) is 20.5. The van der Waals surface area contributed by atoms with Crippen LogP contribution in [0.15, 0.2) is 30.3 Å². The molecule has 1 saturated carbocycles. The SMILES string of the molecule is O=C(O)CC(O)(c1ccccc1)C1CCCCCC1. The topological polar surface area (TPSA) is 57.5 Å². The Morgan fingerprint density at radius 3 is 2.21 bits per heavy atom. The number of aliphatic carboxylic acids is 1. The highest BCUT2D eigenvalue weighted by Crippen LogP contribution is 2.40. The van der Waals surface area contributed by atoms with Gasteiger partial charge in [-0.05, 0) is 24.3 Å². The van der Waals surface area contributed by atoms with E-state index in [2.05, 4.69) is 0 Å². The number of rotatable bonds is 4. The van der Waals surface area contributed by atoms with Crippen LogP contribution in [-0.2, 0) is 10.4 Å². The van der Waals surface area contributed by atoms with Crippen molar-refractivity contribution >= 4 is 5.97 Å². The summed E-state index contributed by atoms with van der Waals surface area (Å²) in [4.78, 5) is 11.2. The lowest BCUT2D eigenvalue weighted by atomic mass is 9.75. The van der Waals surface area contributed by atoms with Gasteiger partial charge in [-0.2, -0.15) is 0 Å². The van der Waals surface area contributed by atoms with Gasteiger partial charge in [-0.3, -0.25) is 4.79 Å². The molecular formula is C16H22O3. The third kappa shape index (κ3) is 3.35. The maximum atomic E-state index is 11.2. The molecule has 0 aliphatic heterocycles. The van der Waals surface area contributed by atoms with Crippen LogP contribution in [0.25, 0.3) is 0 Å². The van der Waals surface area contributed by atoms with E-state index in [-0.39, 0.29) is 12.3 Å². The van der Waals surface area contributed by atoms with Gasteiger partial charge in [0.15, 0.2) is 0 Å². The Balaban J connectivity index is 2.30. The number of benzene rings is 1. The molecule has 1 atom stereocenters. The van der Waals surface area contributed by atoms with Crippen molar-refractivity contribution in [2.24, 2.45) is 5.92 Å². The number of carbonyl (C=O) groups is 1. The smallest absolute Gasteiger partial charge is 0.306 e. The molecule has 0 saturated heterocycles. The molecule has 0 aromatic heterocycles. The summed E-state index contributed by atoms with van der Waals surface area (Å²) < 4.78 is 0. The average molecular weight is 262 g/mol. The van der Waals surface area contributed by atoms with E-state index in [9.17, 15) is 9.90 Å². The molecule has 3 nitrogen and oxygen atoms in total. The summed E-state index contributed by atoms with van der Waals surface area (Å²) in [5.41, 5.74) is -0.485. The Bertz CT molecular complexity index is 407. The molecule has 0 spiro atoms. The molecule has 19 heavy (non-hydrogen) atoms. The van der Waals surface area contributed by atoms with E-state index in [0.29, 0.717) is 0 Å². The molecule has 1 aromatic rings. The molecule has 1 aromatic carbocycles. The molecule has 1 aliphatic carbocycles. The van der Waals surface area contributed by atoms with Gasteiger partial charge in [0, 0.05) is 0 Å². The first kappa shape index (κ1) is 14.1. The molecule has 0 amide bonds. The maximum Gasteiger partial charge on any atom is 0.306 e. The Hall–Kier alpha value is -1.35. The van der Waals surface area contributed by atoms with Gasteiger partial charge < -0.3 is 10.2 Å². The second-order valence-electron chi connectivity index (χ2n) is 5.55. The first-order valence-corrected chi connectivity index (χ1v) is 7.12. The fourth-order valence-corrected chi connectivity index (χ4v) is 3.20. The minimum atomic E-state index is -1.22. The molecule has 2 N–H and O–H groups in total. The second-order valence-corrected chi connectivity index (χ2v) is 5.55. The fraction of sp³-hybridized carbons (Fsp3) is 0.562. The van der Waals surface area contributed by atoms with Gasteiger partial charge in [-0.15, -0.1) is 0 Å². The van der Waals surface area contributed by atoms with E-state index in [1.807, 2.05) is 30.3 Å². The maximum absolute atomic E-state index is 11.2. The molecule has 1 unspecified atom stereocenters. The van der Waals surface area contributed by atoms with E-state index in [1.165, 1.54) is 12.8 Å². The first-order valence-electron chi connectivity index (χ1n) is 7.12. The Labute approximate surface area is 114 Å². The Morgan fingerprint density at radius 2 is 1.68 bits per heavy atom. The first-order chi connectivity index (χ1) is 9.13. The molecule has 3 heteroatoms. The highest BCUT2D eigenvalue weighted by molar-refractivity contribution is 5.68. The summed E-state index contributed by atoms with van der Waals surface area (Å²) in [6, 6.07) is 9.29. The number of hydrogen-bond acceptors (Lipinski definition) is 2. The minimum absolute atomic E-state index is 0.0495. The predicted molar refractivity (Wildman–Crippen MR) is 73.8 cm³/mol. The van der Waals surface area contributed by atoms with E-state index in [0.717, 1.165) is 31.2 Å². The van der Waals surface area contributed by atoms with Crippen molar-refractivity contribution in [1.29, 1.82) is 0 Å². The zero-order valence-electron chi connectivity index (χ0n) is 11.2. The van der Waals surface area contributed by atoms with E-state index < -0.39 is 11.6 Å². The third-order valence-electron chi connectivity index (χ3n) is 4.22. The molecular weight excluding hydrogens is 240 g/mol. The lowest BCUT2D eigenvalue weighted by molar-refractivity contribution is -0.146. The standard InChI is InChI=1S/C16H22O3/c17-15(18)12-16(19,14-10-6-3-7-11-14)13-8-4-1-2-5-9-13/h3,6-7,10-11,13,19H,1-2,4-5,8-9,12H2,(H,17,18). The quantitative estimate of drug-likeness (QED) is 0.818. The van der Waals surface area contributed by atoms with Gasteiger partial charge in [-0.1, -0.05) is 56.0 Å². The average Bonchev–Trinajstić information content (AvgIpc) is 2.68. The van der Waals surface area contributed by atoms with Crippen LogP contribution in [-0.4, -0.2) is 16.2 Å². The van der Waals surface area contributed by atoms with Gasteiger partial charge in [0.1, 0.15) is 5.60 Å². The van der Waals surface area contributed by atoms with E-state index in [4.69, 9.17) is 5.11 Å². The van der Waals surface area contributed by atoms with Crippen LogP contribution < -0.4 is 0 Å². The molecule has 0 bridgehead atoms. The molecule has 1 aliphatic rings. The van der Waals surface area contributed by atoms with Crippen molar-refractivity contribution in [1.82, 2.24) is 0 Å². The molecule has 1 fully saturated rings. The van der Waals surface area contributed by atoms with Crippen LogP contribution in [0.3, 0.4) is 0 Å². The summed E-state index contributed by atoms with van der Waals surface area (Å²) in [5, 5.41) is 20.2. The summed E-state index contributed by atoms with van der Waals surface area (Å²) in [6.45, 7) is 0. The summed E-state index contributed by atoms with van der Waals surface area (Å²) in [6.07, 6.45) is 6.17. The lowest BCUT2D eigenvalue weighted by Crippen LogP contribution is -2.37. The third-order valence-corrected chi connectivity index (χ3v) is 4.22. The second kappa shape index (κ2) is 6.20. The zero-order chi connectivity index (χ0) is 13.7. The Kier molecular flexibility index (Phi) is 4.59. The zero-order valence-corrected chi connectivity index (χ0v) is 11.2. The summed E-state index contributed by atoms with van der Waals surface area (Å²) in [7, 11) is 0. The van der Waals surface area contributed by atoms with Crippen LogP contribution in [0.5, 0.6) is 0 Å². The van der Waals surface area contributed by atoms with Gasteiger partial charge >= 0.3 is 5.97 Å². The molecule has 104 valence electrons. The van der Waals surface area contributed by atoms with Crippen LogP contribution >= 0.6 is 0 Å². The largest absolute Gasteiger partial charge is 0.481 e. The highest BCUT2D eigenvalue weighted by atomic mass is 16.4. The van der Waals surface area contributed by atoms with E-state index in [1.54, 1.807) is 0 Å². The predicted octanol–water partition coefficient (Wildman–Crippen LogP) is 3.32. The van der Waals surface area contributed by atoms with Crippen molar-refractivity contribution in [2.45, 2.75) is 50.5 Å². The molecule has 0 heterocycles. The van der Waals surface area contributed by atoms with Crippen molar-refractivity contribution in [3.8, 4) is 0 Å². The van der Waals surface area contributed by atoms with Crippen LogP contribution in [0.1, 0.15) is 50.5 Å². The van der Waals surface area contributed by atoms with Crippen LogP contribution in [0.4, 0.5) is 0 Å². The summed E-state index contributed by atoms with van der Waals surface area (Å²) >= 11 is 0. The number of aliphatic hydroxyl groups is 1. The minimum Gasteiger partial charge on any atom is -0.481 e. The highest BCUT2D eigenvalue weighted by Gasteiger charge is 2.40. The van der Waals surface area contributed by atoms with Gasteiger partial charge in [0.25, 0.3) is 0 Å². The molecule has 2 rings (SSSR count). The number of hydrogen-bond donors (Lipinski definition) is 2. The van der Waals surface area contributed by atoms with Crippen molar-refractivity contribution in [2.75, 3.05) is 0 Å². The monoisotopic (exact) mass is 262 g/mol. The van der Waals surface area contributed by atoms with Crippen molar-refractivity contribution in [3.63, 3.8) is 0 Å². The van der Waals surface area contributed by atoms with Gasteiger partial charge in [-0.25, -0.2) is 0 Å². The number of carboxylic acids is 1. The summed E-state index contributed by atoms with van der Waals surface area (Å²) in [5.74, 6) is -0.885. The van der Waals surface area contributed by atoms with Crippen LogP contribution in [0.2, 0.25) is 0 Å².